The topological polar surface area (TPSA) is 57.7 Å². The molecule has 0 bridgehead atoms. The molecular formula is C20H22ClFN2O3S. The summed E-state index contributed by atoms with van der Waals surface area (Å²) in [7, 11) is -3.16. The molecule has 28 heavy (non-hydrogen) atoms. The lowest BCUT2D eigenvalue weighted by Crippen LogP contribution is -2.48. The van der Waals surface area contributed by atoms with Crippen molar-refractivity contribution in [2.45, 2.75) is 12.3 Å². The number of rotatable bonds is 5. The highest BCUT2D eigenvalue weighted by Crippen LogP contribution is 2.22. The summed E-state index contributed by atoms with van der Waals surface area (Å²) >= 11 is 6.09. The number of piperazine rings is 1. The highest BCUT2D eigenvalue weighted by atomic mass is 35.5. The predicted molar refractivity (Wildman–Crippen MR) is 108 cm³/mol. The third-order valence-corrected chi connectivity index (χ3v) is 5.92. The van der Waals surface area contributed by atoms with Crippen LogP contribution in [-0.4, -0.2) is 56.6 Å². The van der Waals surface area contributed by atoms with Crippen LogP contribution in [0.5, 0.6) is 0 Å². The fourth-order valence-electron chi connectivity index (χ4n) is 3.30. The molecule has 150 valence electrons. The normalized spacial score (nSPS) is 15.6. The van der Waals surface area contributed by atoms with Gasteiger partial charge in [0, 0.05) is 55.1 Å². The lowest BCUT2D eigenvalue weighted by atomic mass is 10.1. The van der Waals surface area contributed by atoms with Crippen LogP contribution in [0.1, 0.15) is 21.5 Å². The zero-order chi connectivity index (χ0) is 20.3. The second-order valence-corrected chi connectivity index (χ2v) is 9.59. The Morgan fingerprint density at radius 1 is 1.11 bits per heavy atom. The van der Waals surface area contributed by atoms with Crippen molar-refractivity contribution in [2.24, 2.45) is 0 Å². The number of nitrogens with zero attached hydrogens (tertiary/aromatic N) is 2. The Kier molecular flexibility index (Phi) is 6.37. The van der Waals surface area contributed by atoms with Gasteiger partial charge in [-0.05, 0) is 29.8 Å². The van der Waals surface area contributed by atoms with Crippen molar-refractivity contribution in [3.63, 3.8) is 0 Å². The number of amides is 1. The summed E-state index contributed by atoms with van der Waals surface area (Å²) in [5.74, 6) is -0.543. The Bertz CT molecular complexity index is 953. The number of carbonyl (C=O) groups excluding carboxylic acids is 1. The Morgan fingerprint density at radius 3 is 2.43 bits per heavy atom. The molecule has 0 radical (unpaired) electrons. The summed E-state index contributed by atoms with van der Waals surface area (Å²) in [6.45, 7) is 2.65. The maximum atomic E-state index is 14.0. The Morgan fingerprint density at radius 2 is 1.79 bits per heavy atom. The first-order valence-electron chi connectivity index (χ1n) is 8.94. The van der Waals surface area contributed by atoms with Crippen LogP contribution < -0.4 is 0 Å². The molecule has 0 spiro atoms. The molecule has 3 rings (SSSR count). The van der Waals surface area contributed by atoms with Gasteiger partial charge in [0.05, 0.1) is 5.75 Å². The number of hydrogen-bond acceptors (Lipinski definition) is 4. The van der Waals surface area contributed by atoms with Crippen LogP contribution in [0, 0.1) is 5.82 Å². The van der Waals surface area contributed by atoms with Crippen LogP contribution in [0.3, 0.4) is 0 Å². The van der Waals surface area contributed by atoms with Gasteiger partial charge < -0.3 is 4.90 Å². The van der Waals surface area contributed by atoms with E-state index in [1.807, 2.05) is 0 Å². The van der Waals surface area contributed by atoms with Gasteiger partial charge in [-0.1, -0.05) is 29.8 Å². The maximum Gasteiger partial charge on any atom is 0.253 e. The summed E-state index contributed by atoms with van der Waals surface area (Å²) in [5.41, 5.74) is 1.55. The van der Waals surface area contributed by atoms with Crippen LogP contribution in [0.15, 0.2) is 42.5 Å². The van der Waals surface area contributed by atoms with E-state index in [2.05, 4.69) is 4.90 Å². The van der Waals surface area contributed by atoms with Crippen LogP contribution >= 0.6 is 11.6 Å². The molecule has 0 saturated carbocycles. The van der Waals surface area contributed by atoms with Crippen molar-refractivity contribution in [3.05, 3.63) is 70.0 Å². The first-order chi connectivity index (χ1) is 13.2. The minimum atomic E-state index is -3.16. The number of sulfone groups is 1. The smallest absolute Gasteiger partial charge is 0.253 e. The van der Waals surface area contributed by atoms with E-state index in [1.54, 1.807) is 41.3 Å². The molecule has 2 aromatic carbocycles. The summed E-state index contributed by atoms with van der Waals surface area (Å²) in [6.07, 6.45) is 1.17. The fraction of sp³-hybridized carbons (Fsp3) is 0.350. The molecule has 1 saturated heterocycles. The average molecular weight is 425 g/mol. The van der Waals surface area contributed by atoms with Gasteiger partial charge in [-0.15, -0.1) is 0 Å². The molecule has 1 heterocycles. The van der Waals surface area contributed by atoms with Gasteiger partial charge in [-0.3, -0.25) is 9.69 Å². The van der Waals surface area contributed by atoms with Gasteiger partial charge in [-0.25, -0.2) is 12.8 Å². The van der Waals surface area contributed by atoms with Crippen LogP contribution in [0.25, 0.3) is 0 Å². The summed E-state index contributed by atoms with van der Waals surface area (Å²) in [6, 6.07) is 11.4. The Hall–Kier alpha value is -1.96. The summed E-state index contributed by atoms with van der Waals surface area (Å²) < 4.78 is 36.9. The van der Waals surface area contributed by atoms with Crippen molar-refractivity contribution in [1.29, 1.82) is 0 Å². The Labute approximate surface area is 169 Å². The molecular weight excluding hydrogens is 403 g/mol. The quantitative estimate of drug-likeness (QED) is 0.740. The fourth-order valence-corrected chi connectivity index (χ4v) is 4.30. The van der Waals surface area contributed by atoms with Gasteiger partial charge in [0.25, 0.3) is 5.91 Å². The largest absolute Gasteiger partial charge is 0.336 e. The molecule has 2 aromatic rings. The Balaban J connectivity index is 1.62. The van der Waals surface area contributed by atoms with E-state index in [0.29, 0.717) is 54.4 Å². The monoisotopic (exact) mass is 424 g/mol. The molecule has 0 N–H and O–H groups in total. The van der Waals surface area contributed by atoms with E-state index in [-0.39, 0.29) is 17.5 Å². The highest BCUT2D eigenvalue weighted by molar-refractivity contribution is 7.89. The minimum absolute atomic E-state index is 0.0920. The van der Waals surface area contributed by atoms with Crippen LogP contribution in [-0.2, 0) is 22.1 Å². The molecule has 1 aliphatic heterocycles. The SMILES string of the molecule is CS(=O)(=O)Cc1cccc(C(=O)N2CCN(Cc3c(F)cccc3Cl)CC2)c1. The van der Waals surface area contributed by atoms with E-state index in [1.165, 1.54) is 12.3 Å². The molecule has 0 unspecified atom stereocenters. The zero-order valence-corrected chi connectivity index (χ0v) is 17.1. The second kappa shape index (κ2) is 8.59. The highest BCUT2D eigenvalue weighted by Gasteiger charge is 2.23. The van der Waals surface area contributed by atoms with Gasteiger partial charge in [-0.2, -0.15) is 0 Å². The minimum Gasteiger partial charge on any atom is -0.336 e. The molecule has 1 aliphatic rings. The second-order valence-electron chi connectivity index (χ2n) is 7.04. The van der Waals surface area contributed by atoms with Crippen molar-refractivity contribution < 1.29 is 17.6 Å². The van der Waals surface area contributed by atoms with Crippen molar-refractivity contribution in [1.82, 2.24) is 9.80 Å². The zero-order valence-electron chi connectivity index (χ0n) is 15.6. The number of carbonyl (C=O) groups is 1. The number of benzene rings is 2. The molecule has 0 aromatic heterocycles. The standard InChI is InChI=1S/C20H22ClFN2O3S/c1-28(26,27)14-15-4-2-5-16(12-15)20(25)24-10-8-23(9-11-24)13-17-18(21)6-3-7-19(17)22/h2-7,12H,8-11,13-14H2,1H3. The van der Waals surface area contributed by atoms with Gasteiger partial charge in [0.2, 0.25) is 0 Å². The average Bonchev–Trinajstić information content (AvgIpc) is 2.64. The first kappa shape index (κ1) is 20.8. The van der Waals surface area contributed by atoms with Crippen molar-refractivity contribution in [3.8, 4) is 0 Å². The van der Waals surface area contributed by atoms with E-state index >= 15 is 0 Å². The molecule has 8 heteroatoms. The third kappa shape index (κ3) is 5.31. The first-order valence-corrected chi connectivity index (χ1v) is 11.4. The number of halogens is 2. The van der Waals surface area contributed by atoms with E-state index < -0.39 is 9.84 Å². The molecule has 0 aliphatic carbocycles. The van der Waals surface area contributed by atoms with Crippen LogP contribution in [0.2, 0.25) is 5.02 Å². The van der Waals surface area contributed by atoms with Crippen molar-refractivity contribution in [2.75, 3.05) is 32.4 Å². The van der Waals surface area contributed by atoms with E-state index in [4.69, 9.17) is 11.6 Å². The molecule has 1 fully saturated rings. The lowest BCUT2D eigenvalue weighted by Gasteiger charge is -2.35. The molecule has 0 atom stereocenters. The van der Waals surface area contributed by atoms with E-state index in [0.717, 1.165) is 0 Å². The van der Waals surface area contributed by atoms with E-state index in [9.17, 15) is 17.6 Å². The van der Waals surface area contributed by atoms with Crippen molar-refractivity contribution >= 4 is 27.3 Å². The molecule has 5 nitrogen and oxygen atoms in total. The number of hydrogen-bond donors (Lipinski definition) is 0. The third-order valence-electron chi connectivity index (χ3n) is 4.71. The lowest BCUT2D eigenvalue weighted by molar-refractivity contribution is 0.0627. The maximum absolute atomic E-state index is 14.0. The van der Waals surface area contributed by atoms with Crippen LogP contribution in [0.4, 0.5) is 4.39 Å². The summed E-state index contributed by atoms with van der Waals surface area (Å²) in [5, 5.41) is 0.404. The predicted octanol–water partition coefficient (Wildman–Crippen LogP) is 2.98. The van der Waals surface area contributed by atoms with Gasteiger partial charge in [0.1, 0.15) is 5.82 Å². The molecule has 1 amide bonds. The summed E-state index contributed by atoms with van der Waals surface area (Å²) in [4.78, 5) is 16.6. The van der Waals surface area contributed by atoms with Gasteiger partial charge >= 0.3 is 0 Å². The van der Waals surface area contributed by atoms with Gasteiger partial charge in [0.15, 0.2) is 9.84 Å².